The molecule has 5 nitrogen and oxygen atoms in total. The summed E-state index contributed by atoms with van der Waals surface area (Å²) in [4.78, 5) is 7.08. The first-order valence-corrected chi connectivity index (χ1v) is 9.17. The normalized spacial score (nSPS) is 12.1. The van der Waals surface area contributed by atoms with Crippen molar-refractivity contribution >= 4 is 23.1 Å². The summed E-state index contributed by atoms with van der Waals surface area (Å²) in [5, 5.41) is 8.81. The number of nitrogens with one attached hydrogen (secondary N) is 1. The fourth-order valence-corrected chi connectivity index (χ4v) is 2.84. The fraction of sp³-hybridized carbons (Fsp3) is 0.400. The van der Waals surface area contributed by atoms with Crippen LogP contribution in [0.2, 0.25) is 5.02 Å². The number of nitrogens with zero attached hydrogens (tertiary/aromatic N) is 4. The lowest BCUT2D eigenvalue weighted by molar-refractivity contribution is 0.425. The molecule has 0 aliphatic heterocycles. The zero-order valence-corrected chi connectivity index (χ0v) is 16.8. The number of anilines is 1. The molecule has 0 bridgehead atoms. The zero-order valence-electron chi connectivity index (χ0n) is 16.0. The van der Waals surface area contributed by atoms with Crippen LogP contribution in [0.5, 0.6) is 0 Å². The summed E-state index contributed by atoms with van der Waals surface area (Å²) in [7, 11) is 4.13. The largest absolute Gasteiger partial charge is 0.369 e. The number of aromatic nitrogens is 3. The predicted molar refractivity (Wildman–Crippen MR) is 109 cm³/mol. The Morgan fingerprint density at radius 1 is 1.15 bits per heavy atom. The molecule has 1 N–H and O–H groups in total. The number of hydrogen-bond donors (Lipinski definition) is 1. The summed E-state index contributed by atoms with van der Waals surface area (Å²) in [6.45, 7) is 8.31. The van der Waals surface area contributed by atoms with Gasteiger partial charge in [-0.1, -0.05) is 44.5 Å². The van der Waals surface area contributed by atoms with E-state index in [1.165, 1.54) is 0 Å². The molecule has 138 valence electrons. The quantitative estimate of drug-likeness (QED) is 0.725. The van der Waals surface area contributed by atoms with E-state index in [-0.39, 0.29) is 5.41 Å². The van der Waals surface area contributed by atoms with E-state index >= 15 is 0 Å². The Bertz CT molecular complexity index is 891. The molecule has 0 saturated carbocycles. The molecule has 0 amide bonds. The number of hydrogen-bond acceptors (Lipinski definition) is 4. The van der Waals surface area contributed by atoms with Crippen molar-refractivity contribution in [3.8, 4) is 11.1 Å². The van der Waals surface area contributed by atoms with E-state index in [2.05, 4.69) is 56.2 Å². The van der Waals surface area contributed by atoms with E-state index in [1.807, 2.05) is 35.0 Å². The molecule has 2 heterocycles. The molecule has 26 heavy (non-hydrogen) atoms. The molecular formula is C20H26ClN5. The molecule has 3 aromatic rings. The number of fused-ring (bicyclic) bond motifs is 1. The molecule has 2 aromatic heterocycles. The second kappa shape index (κ2) is 7.25. The van der Waals surface area contributed by atoms with Crippen LogP contribution in [0.1, 0.15) is 26.5 Å². The number of halogens is 1. The van der Waals surface area contributed by atoms with Gasteiger partial charge in [0.25, 0.3) is 0 Å². The van der Waals surface area contributed by atoms with Gasteiger partial charge in [0.1, 0.15) is 5.82 Å². The van der Waals surface area contributed by atoms with Crippen molar-refractivity contribution < 1.29 is 0 Å². The smallest absolute Gasteiger partial charge is 0.165 e. The molecule has 0 aliphatic carbocycles. The van der Waals surface area contributed by atoms with Crippen LogP contribution in [-0.2, 0) is 5.41 Å². The van der Waals surface area contributed by atoms with Gasteiger partial charge in [0, 0.05) is 35.2 Å². The molecule has 0 fully saturated rings. The lowest BCUT2D eigenvalue weighted by Crippen LogP contribution is -2.22. The molecule has 6 heteroatoms. The van der Waals surface area contributed by atoms with Crippen LogP contribution in [0.25, 0.3) is 16.8 Å². The second-order valence-corrected chi connectivity index (χ2v) is 8.24. The van der Waals surface area contributed by atoms with E-state index in [4.69, 9.17) is 16.6 Å². The SMILES string of the molecule is CN(C)CCNc1cc(C(C)(C)C)nc2c(-c3ccc(Cl)cc3)cnn12. The topological polar surface area (TPSA) is 45.5 Å². The third kappa shape index (κ3) is 4.00. The van der Waals surface area contributed by atoms with Crippen molar-refractivity contribution in [2.75, 3.05) is 32.5 Å². The van der Waals surface area contributed by atoms with Crippen LogP contribution < -0.4 is 5.32 Å². The molecular weight excluding hydrogens is 346 g/mol. The maximum absolute atomic E-state index is 6.03. The van der Waals surface area contributed by atoms with E-state index in [0.29, 0.717) is 0 Å². The van der Waals surface area contributed by atoms with Gasteiger partial charge in [0.2, 0.25) is 0 Å². The van der Waals surface area contributed by atoms with Gasteiger partial charge in [-0.15, -0.1) is 0 Å². The Balaban J connectivity index is 2.10. The van der Waals surface area contributed by atoms with E-state index in [0.717, 1.165) is 46.4 Å². The molecule has 0 spiro atoms. The van der Waals surface area contributed by atoms with Crippen molar-refractivity contribution in [1.82, 2.24) is 19.5 Å². The number of rotatable bonds is 5. The monoisotopic (exact) mass is 371 g/mol. The lowest BCUT2D eigenvalue weighted by Gasteiger charge is -2.20. The minimum Gasteiger partial charge on any atom is -0.369 e. The lowest BCUT2D eigenvalue weighted by atomic mass is 9.92. The number of benzene rings is 1. The summed E-state index contributed by atoms with van der Waals surface area (Å²) < 4.78 is 1.88. The Hall–Kier alpha value is -2.11. The van der Waals surface area contributed by atoms with Crippen molar-refractivity contribution in [3.05, 3.63) is 47.2 Å². The van der Waals surface area contributed by atoms with Gasteiger partial charge in [0.05, 0.1) is 11.9 Å². The average Bonchev–Trinajstić information content (AvgIpc) is 2.98. The second-order valence-electron chi connectivity index (χ2n) is 7.81. The summed E-state index contributed by atoms with van der Waals surface area (Å²) in [5.41, 5.74) is 3.90. The first-order valence-electron chi connectivity index (χ1n) is 8.79. The Kier molecular flexibility index (Phi) is 5.21. The molecule has 0 unspecified atom stereocenters. The van der Waals surface area contributed by atoms with Crippen LogP contribution >= 0.6 is 11.6 Å². The van der Waals surface area contributed by atoms with Crippen LogP contribution in [0, 0.1) is 0 Å². The third-order valence-corrected chi connectivity index (χ3v) is 4.51. The van der Waals surface area contributed by atoms with Gasteiger partial charge in [0.15, 0.2) is 5.65 Å². The fourth-order valence-electron chi connectivity index (χ4n) is 2.71. The predicted octanol–water partition coefficient (Wildman–Crippen LogP) is 4.32. The van der Waals surface area contributed by atoms with Crippen LogP contribution in [0.4, 0.5) is 5.82 Å². The Morgan fingerprint density at radius 2 is 1.85 bits per heavy atom. The molecule has 3 rings (SSSR count). The van der Waals surface area contributed by atoms with E-state index < -0.39 is 0 Å². The summed E-state index contributed by atoms with van der Waals surface area (Å²) in [6, 6.07) is 9.89. The summed E-state index contributed by atoms with van der Waals surface area (Å²) in [6.07, 6.45) is 1.87. The number of likely N-dealkylation sites (N-methyl/N-ethyl adjacent to an activating group) is 1. The highest BCUT2D eigenvalue weighted by Crippen LogP contribution is 2.30. The first kappa shape index (κ1) is 18.7. The van der Waals surface area contributed by atoms with E-state index in [9.17, 15) is 0 Å². The van der Waals surface area contributed by atoms with Gasteiger partial charge < -0.3 is 10.2 Å². The zero-order chi connectivity index (χ0) is 18.9. The van der Waals surface area contributed by atoms with E-state index in [1.54, 1.807) is 0 Å². The highest BCUT2D eigenvalue weighted by molar-refractivity contribution is 6.30. The maximum atomic E-state index is 6.03. The Labute approximate surface area is 160 Å². The van der Waals surface area contributed by atoms with Crippen LogP contribution in [0.15, 0.2) is 36.5 Å². The van der Waals surface area contributed by atoms with Gasteiger partial charge in [-0.05, 0) is 31.8 Å². The van der Waals surface area contributed by atoms with Crippen molar-refractivity contribution in [1.29, 1.82) is 0 Å². The van der Waals surface area contributed by atoms with Gasteiger partial charge in [-0.2, -0.15) is 9.61 Å². The Morgan fingerprint density at radius 3 is 2.46 bits per heavy atom. The third-order valence-electron chi connectivity index (χ3n) is 4.26. The van der Waals surface area contributed by atoms with Crippen LogP contribution in [0.3, 0.4) is 0 Å². The minimum absolute atomic E-state index is 0.0543. The summed E-state index contributed by atoms with van der Waals surface area (Å²) in [5.74, 6) is 0.960. The highest BCUT2D eigenvalue weighted by Gasteiger charge is 2.20. The maximum Gasteiger partial charge on any atom is 0.165 e. The van der Waals surface area contributed by atoms with Gasteiger partial charge >= 0.3 is 0 Å². The summed E-state index contributed by atoms with van der Waals surface area (Å²) >= 11 is 6.03. The highest BCUT2D eigenvalue weighted by atomic mass is 35.5. The standard InChI is InChI=1S/C20H26ClN5/c1-20(2,3)17-12-18(22-10-11-25(4)5)26-19(24-17)16(13-23-26)14-6-8-15(21)9-7-14/h6-9,12-13,22H,10-11H2,1-5H3. The molecule has 0 saturated heterocycles. The van der Waals surface area contributed by atoms with Crippen molar-refractivity contribution in [2.45, 2.75) is 26.2 Å². The average molecular weight is 372 g/mol. The van der Waals surface area contributed by atoms with Crippen LogP contribution in [-0.4, -0.2) is 46.7 Å². The molecule has 1 aromatic carbocycles. The van der Waals surface area contributed by atoms with Gasteiger partial charge in [-0.25, -0.2) is 4.98 Å². The molecule has 0 atom stereocenters. The minimum atomic E-state index is -0.0543. The van der Waals surface area contributed by atoms with Crippen molar-refractivity contribution in [2.24, 2.45) is 0 Å². The first-order chi connectivity index (χ1) is 12.3. The molecule has 0 radical (unpaired) electrons. The van der Waals surface area contributed by atoms with Crippen molar-refractivity contribution in [3.63, 3.8) is 0 Å². The van der Waals surface area contributed by atoms with Gasteiger partial charge in [-0.3, -0.25) is 0 Å². The molecule has 0 aliphatic rings.